The number of hydrogen-bond acceptors (Lipinski definition) is 4. The Labute approximate surface area is 124 Å². The summed E-state index contributed by atoms with van der Waals surface area (Å²) in [6.07, 6.45) is 0. The SMILES string of the molecule is CCOc1ccc(C(N)c2ccc3c(c2)OCCO3)cc1. The summed E-state index contributed by atoms with van der Waals surface area (Å²) in [4.78, 5) is 0. The van der Waals surface area contributed by atoms with Crippen LogP contribution in [0.5, 0.6) is 17.2 Å². The van der Waals surface area contributed by atoms with Gasteiger partial charge in [-0.2, -0.15) is 0 Å². The van der Waals surface area contributed by atoms with Crippen LogP contribution in [0, 0.1) is 0 Å². The second kappa shape index (κ2) is 6.06. The van der Waals surface area contributed by atoms with E-state index >= 15 is 0 Å². The minimum atomic E-state index is -0.198. The van der Waals surface area contributed by atoms with E-state index in [1.54, 1.807) is 0 Å². The van der Waals surface area contributed by atoms with Gasteiger partial charge in [-0.3, -0.25) is 0 Å². The van der Waals surface area contributed by atoms with Crippen LogP contribution in [0.4, 0.5) is 0 Å². The first-order valence-electron chi connectivity index (χ1n) is 7.16. The Morgan fingerprint density at radius 3 is 2.38 bits per heavy atom. The normalized spacial score (nSPS) is 14.6. The van der Waals surface area contributed by atoms with E-state index in [-0.39, 0.29) is 6.04 Å². The maximum Gasteiger partial charge on any atom is 0.161 e. The topological polar surface area (TPSA) is 53.7 Å². The van der Waals surface area contributed by atoms with Crippen molar-refractivity contribution in [2.24, 2.45) is 5.73 Å². The summed E-state index contributed by atoms with van der Waals surface area (Å²) in [6.45, 7) is 3.80. The van der Waals surface area contributed by atoms with Crippen LogP contribution in [0.2, 0.25) is 0 Å². The summed E-state index contributed by atoms with van der Waals surface area (Å²) in [5.41, 5.74) is 8.38. The molecule has 0 saturated carbocycles. The largest absolute Gasteiger partial charge is 0.494 e. The Hall–Kier alpha value is -2.20. The summed E-state index contributed by atoms with van der Waals surface area (Å²) in [7, 11) is 0. The number of benzene rings is 2. The molecule has 3 rings (SSSR count). The minimum absolute atomic E-state index is 0.198. The average molecular weight is 285 g/mol. The van der Waals surface area contributed by atoms with Crippen molar-refractivity contribution in [3.05, 3.63) is 53.6 Å². The van der Waals surface area contributed by atoms with E-state index in [1.807, 2.05) is 49.4 Å². The number of nitrogens with two attached hydrogens (primary N) is 1. The third-order valence-corrected chi connectivity index (χ3v) is 3.48. The van der Waals surface area contributed by atoms with Crippen molar-refractivity contribution in [1.82, 2.24) is 0 Å². The van der Waals surface area contributed by atoms with E-state index < -0.39 is 0 Å². The molecular weight excluding hydrogens is 266 g/mol. The van der Waals surface area contributed by atoms with Crippen LogP contribution in [-0.2, 0) is 0 Å². The third-order valence-electron chi connectivity index (χ3n) is 3.48. The van der Waals surface area contributed by atoms with E-state index in [9.17, 15) is 0 Å². The smallest absolute Gasteiger partial charge is 0.161 e. The molecule has 1 atom stereocenters. The van der Waals surface area contributed by atoms with E-state index in [2.05, 4.69) is 0 Å². The van der Waals surface area contributed by atoms with Crippen molar-refractivity contribution < 1.29 is 14.2 Å². The maximum absolute atomic E-state index is 6.34. The predicted molar refractivity (Wildman–Crippen MR) is 81.1 cm³/mol. The number of hydrogen-bond donors (Lipinski definition) is 1. The first-order chi connectivity index (χ1) is 10.3. The summed E-state index contributed by atoms with van der Waals surface area (Å²) in [5.74, 6) is 2.40. The average Bonchev–Trinajstić information content (AvgIpc) is 2.55. The molecule has 1 heterocycles. The molecule has 0 radical (unpaired) electrons. The van der Waals surface area contributed by atoms with Crippen LogP contribution in [0.3, 0.4) is 0 Å². The molecule has 1 aliphatic rings. The van der Waals surface area contributed by atoms with Crippen LogP contribution in [0.25, 0.3) is 0 Å². The molecule has 4 heteroatoms. The molecular formula is C17H19NO3. The molecule has 2 aromatic rings. The predicted octanol–water partition coefficient (Wildman–Crippen LogP) is 2.90. The fraction of sp³-hybridized carbons (Fsp3) is 0.294. The lowest BCUT2D eigenvalue weighted by Gasteiger charge is -2.20. The van der Waals surface area contributed by atoms with Crippen LogP contribution >= 0.6 is 0 Å². The van der Waals surface area contributed by atoms with Crippen molar-refractivity contribution in [2.75, 3.05) is 19.8 Å². The number of fused-ring (bicyclic) bond motifs is 1. The summed E-state index contributed by atoms with van der Waals surface area (Å²) in [6, 6.07) is 13.5. The lowest BCUT2D eigenvalue weighted by molar-refractivity contribution is 0.171. The molecule has 0 amide bonds. The van der Waals surface area contributed by atoms with Crippen molar-refractivity contribution in [2.45, 2.75) is 13.0 Å². The maximum atomic E-state index is 6.34. The molecule has 0 aromatic heterocycles. The van der Waals surface area contributed by atoms with E-state index in [0.29, 0.717) is 19.8 Å². The lowest BCUT2D eigenvalue weighted by Crippen LogP contribution is -2.17. The van der Waals surface area contributed by atoms with E-state index in [1.165, 1.54) is 0 Å². The highest BCUT2D eigenvalue weighted by atomic mass is 16.6. The van der Waals surface area contributed by atoms with Gasteiger partial charge >= 0.3 is 0 Å². The van der Waals surface area contributed by atoms with Gasteiger partial charge in [-0.05, 0) is 42.3 Å². The molecule has 0 spiro atoms. The van der Waals surface area contributed by atoms with Crippen molar-refractivity contribution in [3.8, 4) is 17.2 Å². The molecule has 4 nitrogen and oxygen atoms in total. The fourth-order valence-electron chi connectivity index (χ4n) is 2.38. The van der Waals surface area contributed by atoms with Gasteiger partial charge in [0.2, 0.25) is 0 Å². The summed E-state index contributed by atoms with van der Waals surface area (Å²) >= 11 is 0. The van der Waals surface area contributed by atoms with Gasteiger partial charge in [0.05, 0.1) is 12.6 Å². The monoisotopic (exact) mass is 285 g/mol. The number of rotatable bonds is 4. The molecule has 0 saturated heterocycles. The first-order valence-corrected chi connectivity index (χ1v) is 7.16. The van der Waals surface area contributed by atoms with Gasteiger partial charge in [-0.15, -0.1) is 0 Å². The van der Waals surface area contributed by atoms with Crippen LogP contribution in [-0.4, -0.2) is 19.8 Å². The Bertz CT molecular complexity index is 610. The van der Waals surface area contributed by atoms with E-state index in [0.717, 1.165) is 28.4 Å². The van der Waals surface area contributed by atoms with Crippen molar-refractivity contribution in [1.29, 1.82) is 0 Å². The lowest BCUT2D eigenvalue weighted by atomic mass is 9.99. The second-order valence-corrected chi connectivity index (χ2v) is 4.88. The second-order valence-electron chi connectivity index (χ2n) is 4.88. The number of ether oxygens (including phenoxy) is 3. The molecule has 0 fully saturated rings. The zero-order chi connectivity index (χ0) is 14.7. The summed E-state index contributed by atoms with van der Waals surface area (Å²) < 4.78 is 16.6. The Balaban J connectivity index is 1.82. The van der Waals surface area contributed by atoms with Crippen LogP contribution in [0.1, 0.15) is 24.1 Å². The van der Waals surface area contributed by atoms with Crippen molar-refractivity contribution >= 4 is 0 Å². The van der Waals surface area contributed by atoms with E-state index in [4.69, 9.17) is 19.9 Å². The Morgan fingerprint density at radius 1 is 1.00 bits per heavy atom. The van der Waals surface area contributed by atoms with Gasteiger partial charge < -0.3 is 19.9 Å². The molecule has 2 aromatic carbocycles. The highest BCUT2D eigenvalue weighted by Gasteiger charge is 2.15. The minimum Gasteiger partial charge on any atom is -0.494 e. The fourth-order valence-corrected chi connectivity index (χ4v) is 2.38. The Kier molecular flexibility index (Phi) is 3.97. The van der Waals surface area contributed by atoms with Gasteiger partial charge in [0.25, 0.3) is 0 Å². The zero-order valence-corrected chi connectivity index (χ0v) is 12.0. The Morgan fingerprint density at radius 2 is 1.67 bits per heavy atom. The first kappa shape index (κ1) is 13.8. The standard InChI is InChI=1S/C17H19NO3/c1-2-19-14-6-3-12(4-7-14)17(18)13-5-8-15-16(11-13)21-10-9-20-15/h3-8,11,17H,2,9-10,18H2,1H3. The van der Waals surface area contributed by atoms with Gasteiger partial charge in [0.15, 0.2) is 11.5 Å². The highest BCUT2D eigenvalue weighted by molar-refractivity contribution is 5.46. The zero-order valence-electron chi connectivity index (χ0n) is 12.0. The molecule has 110 valence electrons. The molecule has 21 heavy (non-hydrogen) atoms. The molecule has 0 aliphatic carbocycles. The van der Waals surface area contributed by atoms with Gasteiger partial charge in [0.1, 0.15) is 19.0 Å². The highest BCUT2D eigenvalue weighted by Crippen LogP contribution is 2.33. The van der Waals surface area contributed by atoms with Gasteiger partial charge in [-0.1, -0.05) is 18.2 Å². The van der Waals surface area contributed by atoms with Gasteiger partial charge in [-0.25, -0.2) is 0 Å². The summed E-state index contributed by atoms with van der Waals surface area (Å²) in [5, 5.41) is 0. The molecule has 0 bridgehead atoms. The quantitative estimate of drug-likeness (QED) is 0.938. The van der Waals surface area contributed by atoms with Crippen LogP contribution < -0.4 is 19.9 Å². The van der Waals surface area contributed by atoms with Crippen LogP contribution in [0.15, 0.2) is 42.5 Å². The molecule has 1 unspecified atom stereocenters. The molecule has 2 N–H and O–H groups in total. The van der Waals surface area contributed by atoms with Gasteiger partial charge in [0, 0.05) is 0 Å². The van der Waals surface area contributed by atoms with Crippen molar-refractivity contribution in [3.63, 3.8) is 0 Å². The molecule has 1 aliphatic heterocycles. The third kappa shape index (κ3) is 2.95.